The number of nitrogens with one attached hydrogen (secondary N) is 2. The number of hydrogen-bond acceptors (Lipinski definition) is 8. The lowest BCUT2D eigenvalue weighted by molar-refractivity contribution is -0.145. The van der Waals surface area contributed by atoms with Crippen LogP contribution >= 0.6 is 0 Å². The number of likely N-dealkylation sites (tertiary alicyclic amines) is 1. The van der Waals surface area contributed by atoms with Crippen molar-refractivity contribution >= 4 is 29.7 Å². The zero-order valence-corrected chi connectivity index (χ0v) is 19.3. The van der Waals surface area contributed by atoms with Crippen LogP contribution in [0.2, 0.25) is 0 Å². The molecule has 0 radical (unpaired) electrons. The monoisotopic (exact) mass is 486 g/mol. The number of carbonyl (C=O) groups is 4. The Bertz CT molecular complexity index is 730. The molecule has 1 rings (SSSR count). The topological polar surface area (TPSA) is 252 Å². The molecule has 0 aromatic carbocycles. The number of guanidine groups is 1. The van der Waals surface area contributed by atoms with Gasteiger partial charge < -0.3 is 48.7 Å². The number of carbonyl (C=O) groups excluding carboxylic acids is 3. The Kier molecular flexibility index (Phi) is 12.8. The molecule has 34 heavy (non-hydrogen) atoms. The van der Waals surface area contributed by atoms with Crippen molar-refractivity contribution in [1.29, 1.82) is 0 Å². The highest BCUT2D eigenvalue weighted by Gasteiger charge is 2.38. The number of rotatable bonds is 15. The van der Waals surface area contributed by atoms with Crippen LogP contribution in [0.25, 0.3) is 0 Å². The fraction of sp³-hybridized carbons (Fsp3) is 0.750. The summed E-state index contributed by atoms with van der Waals surface area (Å²) in [7, 11) is 0. The number of aliphatic hydroxyl groups is 1. The third-order valence-corrected chi connectivity index (χ3v) is 5.50. The van der Waals surface area contributed by atoms with E-state index in [2.05, 4.69) is 15.6 Å². The highest BCUT2D eigenvalue weighted by molar-refractivity contribution is 5.94. The molecule has 14 heteroatoms. The molecular weight excluding hydrogens is 448 g/mol. The molecule has 1 heterocycles. The fourth-order valence-electron chi connectivity index (χ4n) is 3.64. The number of amides is 3. The highest BCUT2D eigenvalue weighted by Crippen LogP contribution is 2.19. The summed E-state index contributed by atoms with van der Waals surface area (Å²) < 4.78 is 0. The lowest BCUT2D eigenvalue weighted by atomic mass is 10.1. The van der Waals surface area contributed by atoms with Crippen LogP contribution in [0.1, 0.15) is 44.9 Å². The van der Waals surface area contributed by atoms with E-state index < -0.39 is 54.5 Å². The maximum Gasteiger partial charge on any atom is 0.326 e. The van der Waals surface area contributed by atoms with Gasteiger partial charge in [0.1, 0.15) is 18.1 Å². The minimum atomic E-state index is -1.29. The van der Waals surface area contributed by atoms with Crippen molar-refractivity contribution in [2.75, 3.05) is 26.2 Å². The first kappa shape index (κ1) is 29.1. The van der Waals surface area contributed by atoms with E-state index in [-0.39, 0.29) is 25.3 Å². The van der Waals surface area contributed by atoms with Crippen LogP contribution in [0.3, 0.4) is 0 Å². The van der Waals surface area contributed by atoms with Crippen LogP contribution in [0.4, 0.5) is 0 Å². The van der Waals surface area contributed by atoms with Crippen LogP contribution in [-0.4, -0.2) is 95.2 Å². The highest BCUT2D eigenvalue weighted by atomic mass is 16.4. The van der Waals surface area contributed by atoms with Gasteiger partial charge in [-0.1, -0.05) is 0 Å². The van der Waals surface area contributed by atoms with Crippen molar-refractivity contribution in [2.45, 2.75) is 69.1 Å². The van der Waals surface area contributed by atoms with Gasteiger partial charge in [0, 0.05) is 13.1 Å². The Labute approximate surface area is 198 Å². The first-order valence-electron chi connectivity index (χ1n) is 11.4. The molecule has 4 atom stereocenters. The van der Waals surface area contributed by atoms with E-state index >= 15 is 0 Å². The van der Waals surface area contributed by atoms with Gasteiger partial charge in [-0.2, -0.15) is 0 Å². The number of aliphatic hydroxyl groups excluding tert-OH is 1. The third-order valence-electron chi connectivity index (χ3n) is 5.50. The lowest BCUT2D eigenvalue weighted by Crippen LogP contribution is -2.57. The van der Waals surface area contributed by atoms with Crippen molar-refractivity contribution in [2.24, 2.45) is 27.9 Å². The fourth-order valence-corrected chi connectivity index (χ4v) is 3.64. The van der Waals surface area contributed by atoms with Gasteiger partial charge in [0.05, 0.1) is 12.6 Å². The van der Waals surface area contributed by atoms with Crippen LogP contribution in [0.5, 0.6) is 0 Å². The summed E-state index contributed by atoms with van der Waals surface area (Å²) >= 11 is 0. The zero-order chi connectivity index (χ0) is 25.7. The molecule has 0 aromatic rings. The number of aliphatic imine (C=N–C) groups is 1. The quantitative estimate of drug-likeness (QED) is 0.0644. The molecule has 1 aliphatic rings. The maximum absolute atomic E-state index is 13.0. The van der Waals surface area contributed by atoms with Crippen molar-refractivity contribution in [3.8, 4) is 0 Å². The number of hydrogen-bond donors (Lipinski definition) is 8. The molecule has 3 amide bonds. The minimum Gasteiger partial charge on any atom is -0.480 e. The molecule has 1 saturated heterocycles. The standard InChI is InChI=1S/C20H38N8O6/c21-8-2-1-6-13(19(33)34)26-17(31)15-7-4-10-28(15)18(32)14(11-29)27-16(30)12(22)5-3-9-25-20(23)24/h12-15,29H,1-11,21-22H2,(H,26,31)(H,27,30)(H,33,34)(H4,23,24,25). The van der Waals surface area contributed by atoms with Crippen molar-refractivity contribution < 1.29 is 29.4 Å². The summed E-state index contributed by atoms with van der Waals surface area (Å²) in [6.07, 6.45) is 2.93. The zero-order valence-electron chi connectivity index (χ0n) is 19.3. The third kappa shape index (κ3) is 9.49. The Morgan fingerprint density at radius 2 is 1.76 bits per heavy atom. The Hall–Kier alpha value is -2.97. The van der Waals surface area contributed by atoms with E-state index in [9.17, 15) is 29.4 Å². The molecule has 0 aliphatic carbocycles. The molecule has 4 unspecified atom stereocenters. The van der Waals surface area contributed by atoms with E-state index in [0.717, 1.165) is 0 Å². The number of unbranched alkanes of at least 4 members (excludes halogenated alkanes) is 1. The van der Waals surface area contributed by atoms with E-state index in [4.69, 9.17) is 22.9 Å². The Balaban J connectivity index is 2.71. The van der Waals surface area contributed by atoms with Crippen LogP contribution in [0, 0.1) is 0 Å². The molecule has 0 saturated carbocycles. The number of aliphatic carboxylic acids is 1. The molecule has 0 aromatic heterocycles. The van der Waals surface area contributed by atoms with Gasteiger partial charge in [0.25, 0.3) is 0 Å². The van der Waals surface area contributed by atoms with Gasteiger partial charge in [0.15, 0.2) is 5.96 Å². The van der Waals surface area contributed by atoms with E-state index in [1.165, 1.54) is 4.90 Å². The minimum absolute atomic E-state index is 0.0709. The SMILES string of the molecule is NCCCCC(NC(=O)C1CCCN1C(=O)C(CO)NC(=O)C(N)CCCN=C(N)N)C(=O)O. The Morgan fingerprint density at radius 3 is 2.35 bits per heavy atom. The summed E-state index contributed by atoms with van der Waals surface area (Å²) in [4.78, 5) is 54.6. The summed E-state index contributed by atoms with van der Waals surface area (Å²) in [5, 5.41) is 24.0. The largest absolute Gasteiger partial charge is 0.480 e. The summed E-state index contributed by atoms with van der Waals surface area (Å²) in [5.74, 6) is -3.11. The normalized spacial score (nSPS) is 18.0. The molecule has 14 nitrogen and oxygen atoms in total. The average molecular weight is 487 g/mol. The maximum atomic E-state index is 13.0. The van der Waals surface area contributed by atoms with E-state index in [1.54, 1.807) is 0 Å². The second kappa shape index (κ2) is 15.0. The van der Waals surface area contributed by atoms with Gasteiger partial charge in [-0.25, -0.2) is 4.79 Å². The van der Waals surface area contributed by atoms with Gasteiger partial charge in [-0.05, 0) is 51.5 Å². The molecule has 1 fully saturated rings. The van der Waals surface area contributed by atoms with Crippen molar-refractivity contribution in [3.63, 3.8) is 0 Å². The average Bonchev–Trinajstić information content (AvgIpc) is 3.28. The van der Waals surface area contributed by atoms with E-state index in [1.807, 2.05) is 0 Å². The smallest absolute Gasteiger partial charge is 0.326 e. The van der Waals surface area contributed by atoms with Crippen molar-refractivity contribution in [3.05, 3.63) is 0 Å². The predicted molar refractivity (Wildman–Crippen MR) is 124 cm³/mol. The second-order valence-corrected chi connectivity index (χ2v) is 8.17. The first-order valence-corrected chi connectivity index (χ1v) is 11.4. The predicted octanol–water partition coefficient (Wildman–Crippen LogP) is -3.47. The first-order chi connectivity index (χ1) is 16.1. The second-order valence-electron chi connectivity index (χ2n) is 8.17. The number of nitrogens with two attached hydrogens (primary N) is 4. The number of nitrogens with zero attached hydrogens (tertiary/aromatic N) is 2. The molecule has 194 valence electrons. The van der Waals surface area contributed by atoms with Crippen LogP contribution < -0.4 is 33.6 Å². The van der Waals surface area contributed by atoms with Crippen LogP contribution in [0.15, 0.2) is 4.99 Å². The van der Waals surface area contributed by atoms with Crippen molar-refractivity contribution in [1.82, 2.24) is 15.5 Å². The summed E-state index contributed by atoms with van der Waals surface area (Å²) in [6.45, 7) is 0.255. The van der Waals surface area contributed by atoms with Gasteiger partial charge in [0.2, 0.25) is 17.7 Å². The van der Waals surface area contributed by atoms with Crippen LogP contribution in [-0.2, 0) is 19.2 Å². The van der Waals surface area contributed by atoms with Gasteiger partial charge >= 0.3 is 5.97 Å². The number of carboxylic acid groups (broad SMARTS) is 1. The Morgan fingerprint density at radius 1 is 1.06 bits per heavy atom. The molecular formula is C20H38N8O6. The molecule has 1 aliphatic heterocycles. The number of carboxylic acids is 1. The summed E-state index contributed by atoms with van der Waals surface area (Å²) in [5.41, 5.74) is 21.7. The summed E-state index contributed by atoms with van der Waals surface area (Å²) in [6, 6.07) is -4.23. The van der Waals surface area contributed by atoms with E-state index in [0.29, 0.717) is 45.2 Å². The molecule has 12 N–H and O–H groups in total. The van der Waals surface area contributed by atoms with Gasteiger partial charge in [-0.3, -0.25) is 19.4 Å². The molecule has 0 spiro atoms. The molecule has 0 bridgehead atoms. The van der Waals surface area contributed by atoms with Gasteiger partial charge in [-0.15, -0.1) is 0 Å². The lowest BCUT2D eigenvalue weighted by Gasteiger charge is -2.29.